The molecule has 0 saturated heterocycles. The number of benzene rings is 2. The topological polar surface area (TPSA) is 63.4 Å². The van der Waals surface area contributed by atoms with Crippen molar-refractivity contribution in [1.82, 2.24) is 0 Å². The van der Waals surface area contributed by atoms with E-state index in [1.54, 1.807) is 37.3 Å². The highest BCUT2D eigenvalue weighted by atomic mass is 35.5. The lowest BCUT2D eigenvalue weighted by atomic mass is 10.3. The standard InChI is InChI=1S/C14H14ClFN2O2S/c1-2-18(10-6-4-3-5-7-10)21(19,20)14-9-13(17)12(16)8-11(14)15/h3-9H,2,17H2,1H3. The number of sulfonamides is 1. The molecule has 21 heavy (non-hydrogen) atoms. The lowest BCUT2D eigenvalue weighted by Gasteiger charge is -2.23. The van der Waals surface area contributed by atoms with Gasteiger partial charge in [0.15, 0.2) is 0 Å². The molecule has 0 atom stereocenters. The Kier molecular flexibility index (Phi) is 4.39. The van der Waals surface area contributed by atoms with Crippen molar-refractivity contribution in [3.63, 3.8) is 0 Å². The molecule has 112 valence electrons. The fraction of sp³-hybridized carbons (Fsp3) is 0.143. The van der Waals surface area contributed by atoms with Gasteiger partial charge in [-0.05, 0) is 31.2 Å². The number of halogens is 2. The summed E-state index contributed by atoms with van der Waals surface area (Å²) in [6, 6.07) is 10.5. The van der Waals surface area contributed by atoms with E-state index in [1.807, 2.05) is 0 Å². The van der Waals surface area contributed by atoms with E-state index in [1.165, 1.54) is 4.31 Å². The zero-order chi connectivity index (χ0) is 15.6. The quantitative estimate of drug-likeness (QED) is 0.876. The maximum absolute atomic E-state index is 13.3. The molecular formula is C14H14ClFN2O2S. The predicted molar refractivity (Wildman–Crippen MR) is 82.5 cm³/mol. The number of rotatable bonds is 4. The van der Waals surface area contributed by atoms with E-state index in [0.717, 1.165) is 12.1 Å². The van der Waals surface area contributed by atoms with E-state index in [2.05, 4.69) is 0 Å². The molecule has 7 heteroatoms. The van der Waals surface area contributed by atoms with Crippen molar-refractivity contribution in [3.05, 3.63) is 53.3 Å². The van der Waals surface area contributed by atoms with Crippen LogP contribution < -0.4 is 10.0 Å². The molecule has 2 rings (SSSR count). The number of hydrogen-bond donors (Lipinski definition) is 1. The summed E-state index contributed by atoms with van der Waals surface area (Å²) < 4.78 is 39.9. The number of anilines is 2. The summed E-state index contributed by atoms with van der Waals surface area (Å²) in [5.41, 5.74) is 5.69. The highest BCUT2D eigenvalue weighted by molar-refractivity contribution is 7.93. The lowest BCUT2D eigenvalue weighted by molar-refractivity contribution is 0.591. The van der Waals surface area contributed by atoms with Crippen LogP contribution in [0.4, 0.5) is 15.8 Å². The van der Waals surface area contributed by atoms with Gasteiger partial charge >= 0.3 is 0 Å². The molecule has 0 radical (unpaired) electrons. The molecular weight excluding hydrogens is 315 g/mol. The van der Waals surface area contributed by atoms with E-state index in [9.17, 15) is 12.8 Å². The van der Waals surface area contributed by atoms with E-state index in [0.29, 0.717) is 5.69 Å². The minimum absolute atomic E-state index is 0.198. The summed E-state index contributed by atoms with van der Waals surface area (Å²) in [7, 11) is -3.92. The van der Waals surface area contributed by atoms with Gasteiger partial charge in [0.2, 0.25) is 0 Å². The lowest BCUT2D eigenvalue weighted by Crippen LogP contribution is -2.31. The Labute approximate surface area is 128 Å². The molecule has 0 aliphatic rings. The Bertz CT molecular complexity index is 751. The number of para-hydroxylation sites is 1. The fourth-order valence-corrected chi connectivity index (χ4v) is 3.95. The molecule has 0 aliphatic heterocycles. The van der Waals surface area contributed by atoms with Crippen molar-refractivity contribution in [1.29, 1.82) is 0 Å². The van der Waals surface area contributed by atoms with E-state index >= 15 is 0 Å². The van der Waals surface area contributed by atoms with Gasteiger partial charge in [0.25, 0.3) is 10.0 Å². The van der Waals surface area contributed by atoms with Gasteiger partial charge in [-0.15, -0.1) is 0 Å². The second-order valence-electron chi connectivity index (χ2n) is 4.31. The normalized spacial score (nSPS) is 11.4. The monoisotopic (exact) mass is 328 g/mol. The van der Waals surface area contributed by atoms with Crippen LogP contribution in [0.2, 0.25) is 5.02 Å². The molecule has 0 heterocycles. The summed E-state index contributed by atoms with van der Waals surface area (Å²) in [6.45, 7) is 1.91. The van der Waals surface area contributed by atoms with Gasteiger partial charge in [0.1, 0.15) is 10.7 Å². The minimum Gasteiger partial charge on any atom is -0.396 e. The zero-order valence-corrected chi connectivity index (χ0v) is 12.8. The smallest absolute Gasteiger partial charge is 0.265 e. The van der Waals surface area contributed by atoms with E-state index < -0.39 is 15.8 Å². The minimum atomic E-state index is -3.92. The molecule has 0 fully saturated rings. The molecule has 0 amide bonds. The Morgan fingerprint density at radius 3 is 2.43 bits per heavy atom. The average Bonchev–Trinajstić information content (AvgIpc) is 2.44. The highest BCUT2D eigenvalue weighted by Gasteiger charge is 2.27. The van der Waals surface area contributed by atoms with Crippen LogP contribution in [0.1, 0.15) is 6.92 Å². The number of nitrogens with zero attached hydrogens (tertiary/aromatic N) is 1. The molecule has 0 spiro atoms. The molecule has 2 aromatic rings. The Hall–Kier alpha value is -1.79. The Morgan fingerprint density at radius 2 is 1.86 bits per heavy atom. The first-order valence-corrected chi connectivity index (χ1v) is 8.02. The molecule has 0 aromatic heterocycles. The predicted octanol–water partition coefficient (Wildman–Crippen LogP) is 3.28. The van der Waals surface area contributed by atoms with Crippen molar-refractivity contribution in [3.8, 4) is 0 Å². The van der Waals surface area contributed by atoms with Crippen LogP contribution in [0.15, 0.2) is 47.4 Å². The third-order valence-electron chi connectivity index (χ3n) is 2.95. The van der Waals surface area contributed by atoms with Crippen LogP contribution in [0.25, 0.3) is 0 Å². The largest absolute Gasteiger partial charge is 0.396 e. The highest BCUT2D eigenvalue weighted by Crippen LogP contribution is 2.31. The Morgan fingerprint density at radius 1 is 1.24 bits per heavy atom. The van der Waals surface area contributed by atoms with Crippen LogP contribution in [-0.2, 0) is 10.0 Å². The number of hydrogen-bond acceptors (Lipinski definition) is 3. The van der Waals surface area contributed by atoms with Gasteiger partial charge in [-0.1, -0.05) is 29.8 Å². The Balaban J connectivity index is 2.58. The zero-order valence-electron chi connectivity index (χ0n) is 11.3. The van der Waals surface area contributed by atoms with Gasteiger partial charge in [-0.3, -0.25) is 4.31 Å². The summed E-state index contributed by atoms with van der Waals surface area (Å²) in [5, 5.41) is -0.198. The van der Waals surface area contributed by atoms with Crippen LogP contribution in [-0.4, -0.2) is 15.0 Å². The molecule has 0 bridgehead atoms. The summed E-state index contributed by atoms with van der Waals surface area (Å²) in [4.78, 5) is -0.214. The SMILES string of the molecule is CCN(c1ccccc1)S(=O)(=O)c1cc(N)c(F)cc1Cl. The van der Waals surface area contributed by atoms with Gasteiger partial charge in [0.05, 0.1) is 16.4 Å². The van der Waals surface area contributed by atoms with Crippen molar-refractivity contribution < 1.29 is 12.8 Å². The van der Waals surface area contributed by atoms with Crippen LogP contribution in [0, 0.1) is 5.82 Å². The van der Waals surface area contributed by atoms with Crippen molar-refractivity contribution in [2.24, 2.45) is 0 Å². The summed E-state index contributed by atoms with van der Waals surface area (Å²) >= 11 is 5.87. The third kappa shape index (κ3) is 2.96. The van der Waals surface area contributed by atoms with E-state index in [4.69, 9.17) is 17.3 Å². The van der Waals surface area contributed by atoms with Gasteiger partial charge in [-0.25, -0.2) is 12.8 Å². The van der Waals surface area contributed by atoms with Gasteiger partial charge < -0.3 is 5.73 Å². The fourth-order valence-electron chi connectivity index (χ4n) is 1.95. The number of nitrogen functional groups attached to an aromatic ring is 1. The molecule has 0 aliphatic carbocycles. The van der Waals surface area contributed by atoms with Crippen molar-refractivity contribution in [2.45, 2.75) is 11.8 Å². The van der Waals surface area contributed by atoms with Crippen LogP contribution in [0.5, 0.6) is 0 Å². The van der Waals surface area contributed by atoms with Crippen LogP contribution in [0.3, 0.4) is 0 Å². The molecule has 2 N–H and O–H groups in total. The maximum atomic E-state index is 13.3. The molecule has 0 unspecified atom stereocenters. The summed E-state index contributed by atoms with van der Waals surface area (Å²) in [5.74, 6) is -0.748. The second-order valence-corrected chi connectivity index (χ2v) is 6.55. The van der Waals surface area contributed by atoms with Gasteiger partial charge in [0, 0.05) is 6.54 Å². The van der Waals surface area contributed by atoms with Gasteiger partial charge in [-0.2, -0.15) is 0 Å². The molecule has 2 aromatic carbocycles. The first-order valence-electron chi connectivity index (χ1n) is 6.20. The molecule has 4 nitrogen and oxygen atoms in total. The second kappa shape index (κ2) is 5.91. The van der Waals surface area contributed by atoms with Crippen molar-refractivity contribution in [2.75, 3.05) is 16.6 Å². The summed E-state index contributed by atoms with van der Waals surface area (Å²) in [6.07, 6.45) is 0. The molecule has 0 saturated carbocycles. The van der Waals surface area contributed by atoms with E-state index in [-0.39, 0.29) is 22.2 Å². The third-order valence-corrected chi connectivity index (χ3v) is 5.32. The van der Waals surface area contributed by atoms with Crippen LogP contribution >= 0.6 is 11.6 Å². The average molecular weight is 329 g/mol. The van der Waals surface area contributed by atoms with Crippen molar-refractivity contribution >= 4 is 33.0 Å². The first-order chi connectivity index (χ1) is 9.87. The first kappa shape index (κ1) is 15.6. The maximum Gasteiger partial charge on any atom is 0.265 e. The number of nitrogens with two attached hydrogens (primary N) is 1.